The molecule has 2 aromatic rings. The number of nitrogens with one attached hydrogen (secondary N) is 1. The first-order chi connectivity index (χ1) is 8.34. The van der Waals surface area contributed by atoms with E-state index < -0.39 is 0 Å². The van der Waals surface area contributed by atoms with Gasteiger partial charge in [0.2, 0.25) is 0 Å². The summed E-state index contributed by atoms with van der Waals surface area (Å²) in [6.45, 7) is 0. The van der Waals surface area contributed by atoms with Crippen molar-refractivity contribution in [3.8, 4) is 0 Å². The Hall–Kier alpha value is -1.06. The molecule has 2 aromatic heterocycles. The number of hydrogen-bond donors (Lipinski definition) is 1. The minimum Gasteiger partial charge on any atom is -0.376 e. The van der Waals surface area contributed by atoms with Crippen LogP contribution in [0, 0.1) is 0 Å². The second kappa shape index (κ2) is 4.67. The number of thiophene rings is 1. The van der Waals surface area contributed by atoms with E-state index in [0.717, 1.165) is 17.1 Å². The number of fused-ring (bicyclic) bond motifs is 1. The van der Waals surface area contributed by atoms with Gasteiger partial charge in [0.05, 0.1) is 22.9 Å². The van der Waals surface area contributed by atoms with E-state index in [2.05, 4.69) is 21.7 Å². The Balaban J connectivity index is 1.86. The first-order valence-corrected chi connectivity index (χ1v) is 7.02. The summed E-state index contributed by atoms with van der Waals surface area (Å²) in [7, 11) is 0. The number of aromatic nitrogens is 1. The van der Waals surface area contributed by atoms with Crippen molar-refractivity contribution in [3.05, 3.63) is 45.4 Å². The number of pyridine rings is 1. The van der Waals surface area contributed by atoms with Crippen LogP contribution in [0.4, 0.5) is 5.69 Å². The van der Waals surface area contributed by atoms with Crippen molar-refractivity contribution >= 4 is 28.6 Å². The van der Waals surface area contributed by atoms with Crippen LogP contribution in [0.1, 0.15) is 29.3 Å². The van der Waals surface area contributed by atoms with Gasteiger partial charge in [-0.25, -0.2) is 0 Å². The monoisotopic (exact) mass is 264 g/mol. The summed E-state index contributed by atoms with van der Waals surface area (Å²) < 4.78 is 0. The topological polar surface area (TPSA) is 24.9 Å². The van der Waals surface area contributed by atoms with Crippen LogP contribution >= 0.6 is 22.9 Å². The highest BCUT2D eigenvalue weighted by atomic mass is 35.5. The van der Waals surface area contributed by atoms with Crippen molar-refractivity contribution < 1.29 is 0 Å². The fraction of sp³-hybridized carbons (Fsp3) is 0.308. The molecule has 1 unspecified atom stereocenters. The number of anilines is 1. The van der Waals surface area contributed by atoms with Crippen molar-refractivity contribution in [1.82, 2.24) is 4.98 Å². The maximum atomic E-state index is 6.14. The Kier molecular flexibility index (Phi) is 3.04. The molecule has 1 aliphatic rings. The third-order valence-corrected chi connectivity index (χ3v) is 4.48. The van der Waals surface area contributed by atoms with E-state index in [0.29, 0.717) is 6.04 Å². The molecule has 0 bridgehead atoms. The minimum atomic E-state index is 0.381. The molecule has 88 valence electrons. The Morgan fingerprint density at radius 2 is 2.35 bits per heavy atom. The molecule has 0 saturated heterocycles. The van der Waals surface area contributed by atoms with Gasteiger partial charge in [-0.2, -0.15) is 0 Å². The van der Waals surface area contributed by atoms with E-state index in [4.69, 9.17) is 11.6 Å². The van der Waals surface area contributed by atoms with E-state index in [1.54, 1.807) is 12.4 Å². The SMILES string of the molecule is Clc1ccncc1NC1CCCc2sccc21. The summed E-state index contributed by atoms with van der Waals surface area (Å²) in [5.41, 5.74) is 2.36. The minimum absolute atomic E-state index is 0.381. The molecular weight excluding hydrogens is 252 g/mol. The Morgan fingerprint density at radius 1 is 1.41 bits per heavy atom. The van der Waals surface area contributed by atoms with Gasteiger partial charge in [-0.05, 0) is 42.3 Å². The second-order valence-corrected chi connectivity index (χ2v) is 5.65. The van der Waals surface area contributed by atoms with Crippen LogP contribution in [-0.4, -0.2) is 4.98 Å². The van der Waals surface area contributed by atoms with Gasteiger partial charge in [-0.15, -0.1) is 11.3 Å². The molecule has 0 radical (unpaired) electrons. The normalized spacial score (nSPS) is 18.8. The Labute approximate surface area is 110 Å². The van der Waals surface area contributed by atoms with Crippen LogP contribution in [0.25, 0.3) is 0 Å². The third kappa shape index (κ3) is 2.17. The summed E-state index contributed by atoms with van der Waals surface area (Å²) in [5, 5.41) is 6.42. The molecule has 0 amide bonds. The number of aryl methyl sites for hydroxylation is 1. The standard InChI is InChI=1S/C13H13ClN2S/c14-10-4-6-15-8-12(10)16-11-2-1-3-13-9(11)5-7-17-13/h4-8,11,16H,1-3H2. The molecule has 0 spiro atoms. The first kappa shape index (κ1) is 11.1. The highest BCUT2D eigenvalue weighted by Gasteiger charge is 2.21. The lowest BCUT2D eigenvalue weighted by Gasteiger charge is -2.24. The molecule has 0 saturated carbocycles. The van der Waals surface area contributed by atoms with Gasteiger partial charge in [-0.3, -0.25) is 4.98 Å². The van der Waals surface area contributed by atoms with E-state index in [1.165, 1.54) is 23.3 Å². The zero-order valence-corrected chi connectivity index (χ0v) is 10.9. The molecular formula is C13H13ClN2S. The van der Waals surface area contributed by atoms with Crippen LogP contribution in [0.15, 0.2) is 29.9 Å². The molecule has 0 aliphatic heterocycles. The molecule has 1 aliphatic carbocycles. The molecule has 4 heteroatoms. The highest BCUT2D eigenvalue weighted by molar-refractivity contribution is 7.10. The number of nitrogens with zero attached hydrogens (tertiary/aromatic N) is 1. The van der Waals surface area contributed by atoms with E-state index in [9.17, 15) is 0 Å². The quantitative estimate of drug-likeness (QED) is 0.875. The van der Waals surface area contributed by atoms with Gasteiger partial charge in [0.25, 0.3) is 0 Å². The summed E-state index contributed by atoms with van der Waals surface area (Å²) >= 11 is 8.00. The summed E-state index contributed by atoms with van der Waals surface area (Å²) in [6.07, 6.45) is 7.12. The summed E-state index contributed by atoms with van der Waals surface area (Å²) in [4.78, 5) is 5.62. The lowest BCUT2D eigenvalue weighted by atomic mass is 9.94. The Morgan fingerprint density at radius 3 is 3.24 bits per heavy atom. The largest absolute Gasteiger partial charge is 0.376 e. The van der Waals surface area contributed by atoms with Crippen molar-refractivity contribution in [3.63, 3.8) is 0 Å². The number of halogens is 1. The van der Waals surface area contributed by atoms with Crippen LogP contribution in [-0.2, 0) is 6.42 Å². The van der Waals surface area contributed by atoms with Crippen LogP contribution < -0.4 is 5.32 Å². The number of rotatable bonds is 2. The lowest BCUT2D eigenvalue weighted by Crippen LogP contribution is -2.15. The van der Waals surface area contributed by atoms with Crippen LogP contribution in [0.3, 0.4) is 0 Å². The molecule has 1 N–H and O–H groups in total. The fourth-order valence-corrected chi connectivity index (χ4v) is 3.45. The molecule has 2 nitrogen and oxygen atoms in total. The Bertz CT molecular complexity index is 524. The third-order valence-electron chi connectivity index (χ3n) is 3.15. The predicted octanol–water partition coefficient (Wildman–Crippen LogP) is 4.29. The van der Waals surface area contributed by atoms with Crippen molar-refractivity contribution in [2.75, 3.05) is 5.32 Å². The van der Waals surface area contributed by atoms with E-state index in [1.807, 2.05) is 17.4 Å². The van der Waals surface area contributed by atoms with E-state index in [-0.39, 0.29) is 0 Å². The second-order valence-electron chi connectivity index (χ2n) is 4.24. The first-order valence-electron chi connectivity index (χ1n) is 5.77. The molecule has 17 heavy (non-hydrogen) atoms. The number of hydrogen-bond acceptors (Lipinski definition) is 3. The maximum Gasteiger partial charge on any atom is 0.0720 e. The van der Waals surface area contributed by atoms with Crippen molar-refractivity contribution in [1.29, 1.82) is 0 Å². The van der Waals surface area contributed by atoms with Crippen LogP contribution in [0.2, 0.25) is 5.02 Å². The average Bonchev–Trinajstić information content (AvgIpc) is 2.81. The van der Waals surface area contributed by atoms with Crippen LogP contribution in [0.5, 0.6) is 0 Å². The zero-order valence-electron chi connectivity index (χ0n) is 9.32. The van der Waals surface area contributed by atoms with Crippen molar-refractivity contribution in [2.24, 2.45) is 0 Å². The van der Waals surface area contributed by atoms with Gasteiger partial charge < -0.3 is 5.32 Å². The molecule has 0 aromatic carbocycles. The van der Waals surface area contributed by atoms with E-state index >= 15 is 0 Å². The highest BCUT2D eigenvalue weighted by Crippen LogP contribution is 2.36. The van der Waals surface area contributed by atoms with Gasteiger partial charge in [0.15, 0.2) is 0 Å². The average molecular weight is 265 g/mol. The predicted molar refractivity (Wildman–Crippen MR) is 72.9 cm³/mol. The van der Waals surface area contributed by atoms with Gasteiger partial charge >= 0.3 is 0 Å². The smallest absolute Gasteiger partial charge is 0.0720 e. The molecule has 1 atom stereocenters. The summed E-state index contributed by atoms with van der Waals surface area (Å²) in [6, 6.07) is 4.43. The zero-order chi connectivity index (χ0) is 11.7. The van der Waals surface area contributed by atoms with Crippen molar-refractivity contribution in [2.45, 2.75) is 25.3 Å². The lowest BCUT2D eigenvalue weighted by molar-refractivity contribution is 0.608. The molecule has 3 rings (SSSR count). The fourth-order valence-electron chi connectivity index (χ4n) is 2.31. The van der Waals surface area contributed by atoms with Gasteiger partial charge in [-0.1, -0.05) is 11.6 Å². The molecule has 2 heterocycles. The maximum absolute atomic E-state index is 6.14. The molecule has 0 fully saturated rings. The van der Waals surface area contributed by atoms with Gasteiger partial charge in [0.1, 0.15) is 0 Å². The summed E-state index contributed by atoms with van der Waals surface area (Å²) in [5.74, 6) is 0. The van der Waals surface area contributed by atoms with Gasteiger partial charge in [0, 0.05) is 11.1 Å².